The normalized spacial score (nSPS) is 14.1. The van der Waals surface area contributed by atoms with E-state index in [9.17, 15) is 4.79 Å². The van der Waals surface area contributed by atoms with Crippen LogP contribution in [0, 0.1) is 0 Å². The SMILES string of the molecule is C=CC[C@H](N[C@@H](C)c1ccccc1)C(N)=O. The van der Waals surface area contributed by atoms with Gasteiger partial charge in [-0.1, -0.05) is 36.4 Å². The Bertz CT molecular complexity index is 348. The molecule has 16 heavy (non-hydrogen) atoms. The summed E-state index contributed by atoms with van der Waals surface area (Å²) < 4.78 is 0. The van der Waals surface area contributed by atoms with Crippen LogP contribution in [0.25, 0.3) is 0 Å². The molecule has 0 saturated heterocycles. The van der Waals surface area contributed by atoms with E-state index in [2.05, 4.69) is 11.9 Å². The number of primary amides is 1. The maximum atomic E-state index is 11.2. The quantitative estimate of drug-likeness (QED) is 0.715. The largest absolute Gasteiger partial charge is 0.368 e. The van der Waals surface area contributed by atoms with Gasteiger partial charge in [-0.2, -0.15) is 0 Å². The number of benzene rings is 1. The average Bonchev–Trinajstić information content (AvgIpc) is 2.29. The van der Waals surface area contributed by atoms with Crippen LogP contribution in [-0.4, -0.2) is 11.9 Å². The molecular weight excluding hydrogens is 200 g/mol. The number of carbonyl (C=O) groups is 1. The second kappa shape index (κ2) is 6.08. The fraction of sp³-hybridized carbons (Fsp3) is 0.308. The van der Waals surface area contributed by atoms with Crippen LogP contribution in [0.5, 0.6) is 0 Å². The van der Waals surface area contributed by atoms with Crippen LogP contribution < -0.4 is 11.1 Å². The summed E-state index contributed by atoms with van der Waals surface area (Å²) in [5, 5.41) is 3.19. The summed E-state index contributed by atoms with van der Waals surface area (Å²) in [6.45, 7) is 5.62. The molecule has 1 rings (SSSR count). The van der Waals surface area contributed by atoms with Gasteiger partial charge in [0.25, 0.3) is 0 Å². The molecule has 86 valence electrons. The Morgan fingerprint density at radius 2 is 2.12 bits per heavy atom. The molecule has 0 aliphatic heterocycles. The van der Waals surface area contributed by atoms with E-state index in [1.54, 1.807) is 6.08 Å². The molecule has 0 saturated carbocycles. The van der Waals surface area contributed by atoms with Gasteiger partial charge in [-0.25, -0.2) is 0 Å². The lowest BCUT2D eigenvalue weighted by molar-refractivity contribution is -0.120. The Morgan fingerprint density at radius 1 is 1.50 bits per heavy atom. The van der Waals surface area contributed by atoms with E-state index in [0.717, 1.165) is 5.56 Å². The molecule has 2 atom stereocenters. The number of nitrogens with one attached hydrogen (secondary N) is 1. The van der Waals surface area contributed by atoms with Gasteiger partial charge in [-0.15, -0.1) is 6.58 Å². The molecule has 0 aromatic heterocycles. The lowest BCUT2D eigenvalue weighted by Gasteiger charge is -2.20. The van der Waals surface area contributed by atoms with Crippen LogP contribution in [0.3, 0.4) is 0 Å². The zero-order valence-electron chi connectivity index (χ0n) is 9.52. The molecule has 0 fully saturated rings. The van der Waals surface area contributed by atoms with E-state index in [4.69, 9.17) is 5.73 Å². The number of rotatable bonds is 6. The van der Waals surface area contributed by atoms with Crippen molar-refractivity contribution in [3.05, 3.63) is 48.6 Å². The van der Waals surface area contributed by atoms with Gasteiger partial charge in [-0.05, 0) is 18.9 Å². The van der Waals surface area contributed by atoms with Crippen molar-refractivity contribution in [1.29, 1.82) is 0 Å². The summed E-state index contributed by atoms with van der Waals surface area (Å²) in [5.41, 5.74) is 6.44. The van der Waals surface area contributed by atoms with E-state index in [1.807, 2.05) is 37.3 Å². The summed E-state index contributed by atoms with van der Waals surface area (Å²) in [7, 11) is 0. The molecule has 0 aliphatic carbocycles. The second-order valence-electron chi connectivity index (χ2n) is 3.78. The molecule has 1 aromatic rings. The zero-order valence-corrected chi connectivity index (χ0v) is 9.52. The van der Waals surface area contributed by atoms with Crippen molar-refractivity contribution >= 4 is 5.91 Å². The highest BCUT2D eigenvalue weighted by Crippen LogP contribution is 2.12. The minimum absolute atomic E-state index is 0.0960. The predicted molar refractivity (Wildman–Crippen MR) is 65.8 cm³/mol. The molecule has 0 radical (unpaired) electrons. The lowest BCUT2D eigenvalue weighted by atomic mass is 10.1. The third kappa shape index (κ3) is 3.51. The molecule has 3 N–H and O–H groups in total. The van der Waals surface area contributed by atoms with Crippen molar-refractivity contribution in [2.75, 3.05) is 0 Å². The molecule has 0 heterocycles. The van der Waals surface area contributed by atoms with E-state index in [0.29, 0.717) is 6.42 Å². The first-order chi connectivity index (χ1) is 7.65. The molecule has 0 bridgehead atoms. The third-order valence-corrected chi connectivity index (χ3v) is 2.50. The third-order valence-electron chi connectivity index (χ3n) is 2.50. The van der Waals surface area contributed by atoms with Crippen LogP contribution in [0.1, 0.15) is 24.9 Å². The zero-order chi connectivity index (χ0) is 12.0. The molecule has 1 aromatic carbocycles. The summed E-state index contributed by atoms with van der Waals surface area (Å²) in [6, 6.07) is 9.69. The van der Waals surface area contributed by atoms with Gasteiger partial charge >= 0.3 is 0 Å². The standard InChI is InChI=1S/C13H18N2O/c1-3-7-12(13(14)16)15-10(2)11-8-5-4-6-9-11/h3-6,8-10,12,15H,1,7H2,2H3,(H2,14,16)/t10-,12-/m0/s1. The van der Waals surface area contributed by atoms with Crippen LogP contribution in [0.15, 0.2) is 43.0 Å². The Balaban J connectivity index is 2.65. The number of carbonyl (C=O) groups excluding carboxylic acids is 1. The second-order valence-corrected chi connectivity index (χ2v) is 3.78. The highest BCUT2D eigenvalue weighted by Gasteiger charge is 2.16. The highest BCUT2D eigenvalue weighted by atomic mass is 16.1. The van der Waals surface area contributed by atoms with Gasteiger partial charge < -0.3 is 5.73 Å². The minimum Gasteiger partial charge on any atom is -0.368 e. The van der Waals surface area contributed by atoms with Crippen molar-refractivity contribution in [1.82, 2.24) is 5.32 Å². The Hall–Kier alpha value is -1.61. The molecule has 0 unspecified atom stereocenters. The summed E-state index contributed by atoms with van der Waals surface area (Å²) in [4.78, 5) is 11.2. The summed E-state index contributed by atoms with van der Waals surface area (Å²) in [6.07, 6.45) is 2.24. The molecule has 0 aliphatic rings. The molecule has 3 nitrogen and oxygen atoms in total. The van der Waals surface area contributed by atoms with Gasteiger partial charge in [0.15, 0.2) is 0 Å². The Kier molecular flexibility index (Phi) is 4.73. The smallest absolute Gasteiger partial charge is 0.234 e. The monoisotopic (exact) mass is 218 g/mol. The van der Waals surface area contributed by atoms with Crippen molar-refractivity contribution in [3.8, 4) is 0 Å². The van der Waals surface area contributed by atoms with Crippen LogP contribution in [-0.2, 0) is 4.79 Å². The first kappa shape index (κ1) is 12.5. The summed E-state index contributed by atoms with van der Waals surface area (Å²) in [5.74, 6) is -0.345. The Morgan fingerprint density at radius 3 is 2.62 bits per heavy atom. The summed E-state index contributed by atoms with van der Waals surface area (Å²) >= 11 is 0. The van der Waals surface area contributed by atoms with Gasteiger partial charge in [0.1, 0.15) is 0 Å². The number of hydrogen-bond acceptors (Lipinski definition) is 2. The van der Waals surface area contributed by atoms with Crippen LogP contribution >= 0.6 is 0 Å². The number of amides is 1. The maximum absolute atomic E-state index is 11.2. The first-order valence-corrected chi connectivity index (χ1v) is 5.36. The van der Waals surface area contributed by atoms with E-state index in [-0.39, 0.29) is 18.0 Å². The fourth-order valence-electron chi connectivity index (χ4n) is 1.57. The van der Waals surface area contributed by atoms with Crippen molar-refractivity contribution < 1.29 is 4.79 Å². The minimum atomic E-state index is -0.354. The fourth-order valence-corrected chi connectivity index (χ4v) is 1.57. The maximum Gasteiger partial charge on any atom is 0.234 e. The number of hydrogen-bond donors (Lipinski definition) is 2. The highest BCUT2D eigenvalue weighted by molar-refractivity contribution is 5.80. The van der Waals surface area contributed by atoms with Gasteiger partial charge in [-0.3, -0.25) is 10.1 Å². The van der Waals surface area contributed by atoms with Crippen molar-refractivity contribution in [3.63, 3.8) is 0 Å². The van der Waals surface area contributed by atoms with E-state index >= 15 is 0 Å². The molecule has 0 spiro atoms. The predicted octanol–water partition coefficient (Wildman–Crippen LogP) is 1.77. The van der Waals surface area contributed by atoms with Crippen molar-refractivity contribution in [2.45, 2.75) is 25.4 Å². The Labute approximate surface area is 96.3 Å². The van der Waals surface area contributed by atoms with Gasteiger partial charge in [0.05, 0.1) is 6.04 Å². The topological polar surface area (TPSA) is 55.1 Å². The molecule has 3 heteroatoms. The average molecular weight is 218 g/mol. The molecule has 1 amide bonds. The lowest BCUT2D eigenvalue weighted by Crippen LogP contribution is -2.42. The van der Waals surface area contributed by atoms with Crippen LogP contribution in [0.4, 0.5) is 0 Å². The van der Waals surface area contributed by atoms with Gasteiger partial charge in [0, 0.05) is 6.04 Å². The van der Waals surface area contributed by atoms with E-state index < -0.39 is 0 Å². The van der Waals surface area contributed by atoms with E-state index in [1.165, 1.54) is 0 Å². The first-order valence-electron chi connectivity index (χ1n) is 5.36. The number of nitrogens with two attached hydrogens (primary N) is 1. The van der Waals surface area contributed by atoms with Crippen molar-refractivity contribution in [2.24, 2.45) is 5.73 Å². The molecular formula is C13H18N2O. The van der Waals surface area contributed by atoms with Gasteiger partial charge in [0.2, 0.25) is 5.91 Å². The van der Waals surface area contributed by atoms with Crippen LogP contribution in [0.2, 0.25) is 0 Å².